The van der Waals surface area contributed by atoms with Gasteiger partial charge >= 0.3 is 0 Å². The van der Waals surface area contributed by atoms with Crippen LogP contribution in [0.4, 0.5) is 0 Å². The van der Waals surface area contributed by atoms with Gasteiger partial charge in [-0.15, -0.1) is 0 Å². The minimum absolute atomic E-state index is 0.152. The first-order chi connectivity index (χ1) is 10.6. The van der Waals surface area contributed by atoms with Crippen molar-refractivity contribution in [1.82, 2.24) is 14.9 Å². The summed E-state index contributed by atoms with van der Waals surface area (Å²) in [5.74, 6) is 1.70. The zero-order chi connectivity index (χ0) is 15.9. The molecule has 1 aromatic heterocycles. The number of nitrogens with one attached hydrogen (secondary N) is 1. The molecule has 1 heterocycles. The van der Waals surface area contributed by atoms with E-state index < -0.39 is 0 Å². The molecule has 4 heteroatoms. The molecule has 1 aliphatic rings. The predicted octanol–water partition coefficient (Wildman–Crippen LogP) is 3.79. The molecule has 4 nitrogen and oxygen atoms in total. The quantitative estimate of drug-likeness (QED) is 0.813. The van der Waals surface area contributed by atoms with Gasteiger partial charge in [0.15, 0.2) is 0 Å². The Kier molecular flexibility index (Phi) is 6.47. The first kappa shape index (κ1) is 17.0. The van der Waals surface area contributed by atoms with Crippen molar-refractivity contribution >= 4 is 5.91 Å². The van der Waals surface area contributed by atoms with E-state index in [0.717, 1.165) is 12.2 Å². The largest absolute Gasteiger partial charge is 0.356 e. The van der Waals surface area contributed by atoms with Crippen LogP contribution < -0.4 is 5.32 Å². The lowest BCUT2D eigenvalue weighted by atomic mass is 10.1. The average molecular weight is 305 g/mol. The second kappa shape index (κ2) is 8.35. The molecule has 1 aromatic rings. The molecule has 1 fully saturated rings. The first-order valence-corrected chi connectivity index (χ1v) is 8.87. The molecule has 124 valence electrons. The second-order valence-electron chi connectivity index (χ2n) is 7.03. The molecule has 22 heavy (non-hydrogen) atoms. The minimum Gasteiger partial charge on any atom is -0.356 e. The van der Waals surface area contributed by atoms with E-state index in [-0.39, 0.29) is 5.91 Å². The van der Waals surface area contributed by atoms with Gasteiger partial charge in [0.1, 0.15) is 5.82 Å². The molecule has 0 aromatic carbocycles. The fourth-order valence-electron chi connectivity index (χ4n) is 3.45. The molecular weight excluding hydrogens is 274 g/mol. The lowest BCUT2D eigenvalue weighted by Crippen LogP contribution is -2.27. The number of aromatic nitrogens is 2. The summed E-state index contributed by atoms with van der Waals surface area (Å²) < 4.78 is 2.43. The van der Waals surface area contributed by atoms with Gasteiger partial charge in [-0.1, -0.05) is 39.5 Å². The zero-order valence-electron chi connectivity index (χ0n) is 14.4. The van der Waals surface area contributed by atoms with Gasteiger partial charge in [0.05, 0.1) is 0 Å². The van der Waals surface area contributed by atoms with E-state index >= 15 is 0 Å². The molecule has 0 radical (unpaired) electrons. The van der Waals surface area contributed by atoms with Crippen LogP contribution in [0, 0.1) is 12.8 Å². The highest BCUT2D eigenvalue weighted by Gasteiger charge is 2.19. The third-order valence-electron chi connectivity index (χ3n) is 4.51. The van der Waals surface area contributed by atoms with Gasteiger partial charge in [0, 0.05) is 37.3 Å². The normalized spacial score (nSPS) is 16.7. The van der Waals surface area contributed by atoms with Crippen LogP contribution >= 0.6 is 0 Å². The molecule has 1 N–H and O–H groups in total. The molecule has 1 saturated carbocycles. The maximum absolute atomic E-state index is 11.7. The first-order valence-electron chi connectivity index (χ1n) is 8.87. The number of aryl methyl sites for hydroxylation is 1. The number of amides is 1. The molecule has 0 unspecified atom stereocenters. The van der Waals surface area contributed by atoms with E-state index in [9.17, 15) is 4.79 Å². The van der Waals surface area contributed by atoms with Crippen molar-refractivity contribution in [1.29, 1.82) is 0 Å². The second-order valence-corrected chi connectivity index (χ2v) is 7.03. The van der Waals surface area contributed by atoms with E-state index in [1.54, 1.807) is 0 Å². The SMILES string of the molecule is Cc1cnc(CCNC(=O)CC(C)C)n1C1CCCCCC1. The molecule has 0 bridgehead atoms. The van der Waals surface area contributed by atoms with Crippen LogP contribution in [0.2, 0.25) is 0 Å². The van der Waals surface area contributed by atoms with E-state index in [2.05, 4.69) is 35.6 Å². The zero-order valence-corrected chi connectivity index (χ0v) is 14.4. The van der Waals surface area contributed by atoms with Crippen LogP contribution in [0.15, 0.2) is 6.20 Å². The molecule has 0 atom stereocenters. The summed E-state index contributed by atoms with van der Waals surface area (Å²) in [6.45, 7) is 6.98. The molecule has 0 saturated heterocycles. The van der Waals surface area contributed by atoms with Gasteiger partial charge in [-0.25, -0.2) is 4.98 Å². The summed E-state index contributed by atoms with van der Waals surface area (Å²) in [5, 5.41) is 3.02. The maximum Gasteiger partial charge on any atom is 0.220 e. The Bertz CT molecular complexity index is 471. The van der Waals surface area contributed by atoms with Gasteiger partial charge in [0.25, 0.3) is 0 Å². The monoisotopic (exact) mass is 305 g/mol. The average Bonchev–Trinajstić information content (AvgIpc) is 2.66. The Morgan fingerprint density at radius 1 is 1.32 bits per heavy atom. The van der Waals surface area contributed by atoms with Crippen molar-refractivity contribution in [3.63, 3.8) is 0 Å². The van der Waals surface area contributed by atoms with Crippen LogP contribution in [-0.2, 0) is 11.2 Å². The molecule has 1 aliphatic carbocycles. The van der Waals surface area contributed by atoms with Crippen LogP contribution in [0.1, 0.15) is 76.4 Å². The smallest absolute Gasteiger partial charge is 0.220 e. The molecule has 1 amide bonds. The summed E-state index contributed by atoms with van der Waals surface area (Å²) in [5.41, 5.74) is 1.26. The Hall–Kier alpha value is -1.32. The van der Waals surface area contributed by atoms with Crippen LogP contribution in [0.5, 0.6) is 0 Å². The Labute approximate surface area is 134 Å². The highest BCUT2D eigenvalue weighted by molar-refractivity contribution is 5.76. The van der Waals surface area contributed by atoms with E-state index in [4.69, 9.17) is 0 Å². The van der Waals surface area contributed by atoms with Crippen molar-refractivity contribution < 1.29 is 4.79 Å². The van der Waals surface area contributed by atoms with E-state index in [0.29, 0.717) is 24.9 Å². The van der Waals surface area contributed by atoms with Crippen molar-refractivity contribution in [2.75, 3.05) is 6.54 Å². The lowest BCUT2D eigenvalue weighted by Gasteiger charge is -2.21. The summed E-state index contributed by atoms with van der Waals surface area (Å²) in [4.78, 5) is 16.3. The van der Waals surface area contributed by atoms with Gasteiger partial charge in [-0.3, -0.25) is 4.79 Å². The Morgan fingerprint density at radius 2 is 2.00 bits per heavy atom. The number of hydrogen-bond donors (Lipinski definition) is 1. The summed E-state index contributed by atoms with van der Waals surface area (Å²) in [6.07, 6.45) is 11.3. The predicted molar refractivity (Wildman–Crippen MR) is 89.9 cm³/mol. The van der Waals surface area contributed by atoms with E-state index in [1.165, 1.54) is 44.2 Å². The summed E-state index contributed by atoms with van der Waals surface area (Å²) in [7, 11) is 0. The van der Waals surface area contributed by atoms with Gasteiger partial charge in [0.2, 0.25) is 5.91 Å². The topological polar surface area (TPSA) is 46.9 Å². The molecular formula is C18H31N3O. The van der Waals surface area contributed by atoms with Gasteiger partial charge in [-0.05, 0) is 25.7 Å². The van der Waals surface area contributed by atoms with Gasteiger partial charge in [-0.2, -0.15) is 0 Å². The Morgan fingerprint density at radius 3 is 2.64 bits per heavy atom. The third kappa shape index (κ3) is 4.85. The standard InChI is InChI=1S/C18H31N3O/c1-14(2)12-18(22)19-11-10-17-20-13-15(3)21(17)16-8-6-4-5-7-9-16/h13-14,16H,4-12H2,1-3H3,(H,19,22). The maximum atomic E-state index is 11.7. The number of nitrogens with zero attached hydrogens (tertiary/aromatic N) is 2. The third-order valence-corrected chi connectivity index (χ3v) is 4.51. The van der Waals surface area contributed by atoms with Crippen LogP contribution in [0.3, 0.4) is 0 Å². The number of imidazole rings is 1. The highest BCUT2D eigenvalue weighted by Crippen LogP contribution is 2.29. The fourth-order valence-corrected chi connectivity index (χ4v) is 3.45. The van der Waals surface area contributed by atoms with E-state index in [1.807, 2.05) is 6.20 Å². The minimum atomic E-state index is 0.152. The van der Waals surface area contributed by atoms with Crippen molar-refractivity contribution in [3.05, 3.63) is 17.7 Å². The molecule has 0 spiro atoms. The van der Waals surface area contributed by atoms with Crippen LogP contribution in [0.25, 0.3) is 0 Å². The van der Waals surface area contributed by atoms with Crippen molar-refractivity contribution in [3.8, 4) is 0 Å². The van der Waals surface area contributed by atoms with Crippen molar-refractivity contribution in [2.45, 2.75) is 78.2 Å². The summed E-state index contributed by atoms with van der Waals surface area (Å²) in [6, 6.07) is 0.603. The summed E-state index contributed by atoms with van der Waals surface area (Å²) >= 11 is 0. The molecule has 0 aliphatic heterocycles. The number of carbonyl (C=O) groups is 1. The van der Waals surface area contributed by atoms with Crippen LogP contribution in [-0.4, -0.2) is 22.0 Å². The highest BCUT2D eigenvalue weighted by atomic mass is 16.1. The van der Waals surface area contributed by atoms with Crippen molar-refractivity contribution in [2.24, 2.45) is 5.92 Å². The fraction of sp³-hybridized carbons (Fsp3) is 0.778. The number of hydrogen-bond acceptors (Lipinski definition) is 2. The molecule has 2 rings (SSSR count). The number of carbonyl (C=O) groups excluding carboxylic acids is 1. The van der Waals surface area contributed by atoms with Gasteiger partial charge < -0.3 is 9.88 Å². The number of rotatable bonds is 6. The Balaban J connectivity index is 1.92. The lowest BCUT2D eigenvalue weighted by molar-refractivity contribution is -0.121.